The summed E-state index contributed by atoms with van der Waals surface area (Å²) in [5, 5.41) is 3.42. The molecule has 0 saturated carbocycles. The van der Waals surface area contributed by atoms with Crippen LogP contribution in [0.3, 0.4) is 0 Å². The van der Waals surface area contributed by atoms with Gasteiger partial charge in [-0.25, -0.2) is 4.98 Å². The minimum atomic E-state index is 0.0699. The molecule has 2 aromatic rings. The first-order chi connectivity index (χ1) is 9.83. The van der Waals surface area contributed by atoms with E-state index in [1.807, 2.05) is 31.2 Å². The lowest BCUT2D eigenvalue weighted by atomic mass is 9.95. The number of aromatic nitrogens is 1. The zero-order valence-electron chi connectivity index (χ0n) is 11.8. The first-order valence-electron chi connectivity index (χ1n) is 7.19. The molecule has 1 aliphatic heterocycles. The first kappa shape index (κ1) is 13.1. The van der Waals surface area contributed by atoms with Crippen LogP contribution < -0.4 is 10.1 Å². The summed E-state index contributed by atoms with van der Waals surface area (Å²) >= 11 is 0. The third kappa shape index (κ3) is 2.99. The molecule has 0 aliphatic carbocycles. The van der Waals surface area contributed by atoms with Gasteiger partial charge >= 0.3 is 0 Å². The van der Waals surface area contributed by atoms with E-state index in [-0.39, 0.29) is 6.10 Å². The van der Waals surface area contributed by atoms with Crippen molar-refractivity contribution in [2.24, 2.45) is 5.92 Å². The summed E-state index contributed by atoms with van der Waals surface area (Å²) < 4.78 is 6.21. The van der Waals surface area contributed by atoms with E-state index in [1.54, 1.807) is 0 Å². The molecule has 2 heterocycles. The van der Waals surface area contributed by atoms with Crippen molar-refractivity contribution < 1.29 is 4.74 Å². The second-order valence-electron chi connectivity index (χ2n) is 5.32. The van der Waals surface area contributed by atoms with Crippen LogP contribution in [0.25, 0.3) is 0 Å². The Labute approximate surface area is 120 Å². The maximum atomic E-state index is 6.21. The van der Waals surface area contributed by atoms with Crippen LogP contribution in [-0.4, -0.2) is 18.1 Å². The fraction of sp³-hybridized carbons (Fsp3) is 0.353. The molecular weight excluding hydrogens is 248 g/mol. The third-order valence-corrected chi connectivity index (χ3v) is 3.77. The minimum Gasteiger partial charge on any atom is -0.469 e. The number of hydrogen-bond donors (Lipinski definition) is 1. The highest BCUT2D eigenvalue weighted by Gasteiger charge is 2.28. The van der Waals surface area contributed by atoms with Gasteiger partial charge in [0.15, 0.2) is 0 Å². The van der Waals surface area contributed by atoms with E-state index in [9.17, 15) is 0 Å². The van der Waals surface area contributed by atoms with Crippen molar-refractivity contribution in [3.8, 4) is 5.88 Å². The molecule has 20 heavy (non-hydrogen) atoms. The van der Waals surface area contributed by atoms with Gasteiger partial charge in [-0.15, -0.1) is 0 Å². The largest absolute Gasteiger partial charge is 0.469 e. The smallest absolute Gasteiger partial charge is 0.214 e. The summed E-state index contributed by atoms with van der Waals surface area (Å²) in [6.45, 7) is 4.06. The van der Waals surface area contributed by atoms with Gasteiger partial charge in [-0.2, -0.15) is 0 Å². The molecule has 1 aromatic heterocycles. The van der Waals surface area contributed by atoms with Gasteiger partial charge in [0.1, 0.15) is 6.10 Å². The topological polar surface area (TPSA) is 34.1 Å². The molecule has 1 aromatic carbocycles. The van der Waals surface area contributed by atoms with E-state index in [0.29, 0.717) is 11.8 Å². The van der Waals surface area contributed by atoms with E-state index in [0.717, 1.165) is 25.2 Å². The highest BCUT2D eigenvalue weighted by atomic mass is 16.5. The average molecular weight is 268 g/mol. The summed E-state index contributed by atoms with van der Waals surface area (Å²) in [5.41, 5.74) is 2.21. The number of pyridine rings is 1. The predicted molar refractivity (Wildman–Crippen MR) is 79.8 cm³/mol. The lowest BCUT2D eigenvalue weighted by Gasteiger charge is -2.24. The number of rotatable bonds is 4. The van der Waals surface area contributed by atoms with Crippen LogP contribution in [-0.2, 0) is 0 Å². The maximum Gasteiger partial charge on any atom is 0.214 e. The Balaban J connectivity index is 1.85. The van der Waals surface area contributed by atoms with Crippen molar-refractivity contribution >= 4 is 0 Å². The Hall–Kier alpha value is -1.87. The molecule has 3 nitrogen and oxygen atoms in total. The molecule has 1 saturated heterocycles. The number of nitrogens with one attached hydrogen (secondary N) is 1. The van der Waals surface area contributed by atoms with E-state index in [4.69, 9.17) is 4.74 Å². The number of nitrogens with zero attached hydrogens (tertiary/aromatic N) is 1. The van der Waals surface area contributed by atoms with Crippen molar-refractivity contribution in [1.82, 2.24) is 10.3 Å². The van der Waals surface area contributed by atoms with Crippen LogP contribution in [0.5, 0.6) is 5.88 Å². The molecule has 104 valence electrons. The molecule has 3 rings (SSSR count). The molecule has 1 aliphatic rings. The van der Waals surface area contributed by atoms with Gasteiger partial charge in [-0.3, -0.25) is 0 Å². The molecule has 2 atom stereocenters. The Kier molecular flexibility index (Phi) is 3.97. The average Bonchev–Trinajstić information content (AvgIpc) is 3.00. The van der Waals surface area contributed by atoms with Crippen molar-refractivity contribution in [3.63, 3.8) is 0 Å². The summed E-state index contributed by atoms with van der Waals surface area (Å²) in [5.74, 6) is 1.21. The first-order valence-corrected chi connectivity index (χ1v) is 7.19. The molecule has 1 N–H and O–H groups in total. The monoisotopic (exact) mass is 268 g/mol. The lowest BCUT2D eigenvalue weighted by Crippen LogP contribution is -2.21. The normalized spacial score (nSPS) is 19.8. The summed E-state index contributed by atoms with van der Waals surface area (Å²) in [6.07, 6.45) is 1.21. The number of hydrogen-bond acceptors (Lipinski definition) is 3. The van der Waals surface area contributed by atoms with Gasteiger partial charge < -0.3 is 10.1 Å². The Morgan fingerprint density at radius 3 is 2.70 bits per heavy atom. The van der Waals surface area contributed by atoms with Gasteiger partial charge in [0.25, 0.3) is 0 Å². The fourth-order valence-corrected chi connectivity index (χ4v) is 2.73. The summed E-state index contributed by atoms with van der Waals surface area (Å²) in [4.78, 5) is 4.47. The second-order valence-corrected chi connectivity index (χ2v) is 5.32. The quantitative estimate of drug-likeness (QED) is 0.925. The van der Waals surface area contributed by atoms with E-state index >= 15 is 0 Å². The molecular formula is C17H20N2O. The van der Waals surface area contributed by atoms with Crippen LogP contribution in [0.4, 0.5) is 0 Å². The molecule has 3 heteroatoms. The zero-order valence-corrected chi connectivity index (χ0v) is 11.8. The molecule has 0 unspecified atom stereocenters. The fourth-order valence-electron chi connectivity index (χ4n) is 2.73. The lowest BCUT2D eigenvalue weighted by molar-refractivity contribution is 0.138. The van der Waals surface area contributed by atoms with Gasteiger partial charge in [0.05, 0.1) is 0 Å². The van der Waals surface area contributed by atoms with Crippen molar-refractivity contribution in [1.29, 1.82) is 0 Å². The van der Waals surface area contributed by atoms with E-state index in [2.05, 4.69) is 34.6 Å². The van der Waals surface area contributed by atoms with Crippen LogP contribution in [0.15, 0.2) is 48.5 Å². The van der Waals surface area contributed by atoms with Gasteiger partial charge in [-0.05, 0) is 31.5 Å². The van der Waals surface area contributed by atoms with E-state index in [1.165, 1.54) is 5.56 Å². The second kappa shape index (κ2) is 6.06. The minimum absolute atomic E-state index is 0.0699. The summed E-state index contributed by atoms with van der Waals surface area (Å²) in [7, 11) is 0. The Morgan fingerprint density at radius 1 is 1.15 bits per heavy atom. The molecule has 0 radical (unpaired) electrons. The molecule has 1 fully saturated rings. The highest BCUT2D eigenvalue weighted by molar-refractivity contribution is 5.22. The van der Waals surface area contributed by atoms with Crippen LogP contribution in [0, 0.1) is 12.8 Å². The maximum absolute atomic E-state index is 6.21. The molecule has 0 amide bonds. The number of ether oxygens (including phenoxy) is 1. The Bertz CT molecular complexity index is 550. The third-order valence-electron chi connectivity index (χ3n) is 3.77. The number of aryl methyl sites for hydroxylation is 1. The highest BCUT2D eigenvalue weighted by Crippen LogP contribution is 2.31. The van der Waals surface area contributed by atoms with Crippen molar-refractivity contribution in [2.45, 2.75) is 19.4 Å². The molecule has 0 bridgehead atoms. The van der Waals surface area contributed by atoms with E-state index < -0.39 is 0 Å². The summed E-state index contributed by atoms with van der Waals surface area (Å²) in [6, 6.07) is 16.4. The van der Waals surface area contributed by atoms with Gasteiger partial charge in [0, 0.05) is 24.2 Å². The van der Waals surface area contributed by atoms with Crippen molar-refractivity contribution in [2.75, 3.05) is 13.1 Å². The van der Waals surface area contributed by atoms with Crippen LogP contribution in [0.2, 0.25) is 0 Å². The van der Waals surface area contributed by atoms with Crippen LogP contribution >= 0.6 is 0 Å². The molecule has 0 spiro atoms. The van der Waals surface area contributed by atoms with Gasteiger partial charge in [-0.1, -0.05) is 36.4 Å². The zero-order chi connectivity index (χ0) is 13.8. The van der Waals surface area contributed by atoms with Crippen LogP contribution in [0.1, 0.15) is 23.8 Å². The SMILES string of the molecule is Cc1cccc(O[C@@H](c2ccccc2)[C@H]2CCNC2)n1. The predicted octanol–water partition coefficient (Wildman–Crippen LogP) is 3.12. The standard InChI is InChI=1S/C17H20N2O/c1-13-6-5-9-16(19-13)20-17(15-10-11-18-12-15)14-7-3-2-4-8-14/h2-9,15,17-18H,10-12H2,1H3/t15-,17-/m0/s1. The number of benzene rings is 1. The Morgan fingerprint density at radius 2 is 2.00 bits per heavy atom. The van der Waals surface area contributed by atoms with Gasteiger partial charge in [0.2, 0.25) is 5.88 Å². The van der Waals surface area contributed by atoms with Crippen molar-refractivity contribution in [3.05, 3.63) is 59.8 Å².